The molecule has 0 saturated heterocycles. The van der Waals surface area contributed by atoms with Crippen molar-refractivity contribution in [3.63, 3.8) is 0 Å². The van der Waals surface area contributed by atoms with Crippen LogP contribution < -0.4 is 14.8 Å². The zero-order chi connectivity index (χ0) is 11.6. The van der Waals surface area contributed by atoms with Gasteiger partial charge in [0.05, 0.1) is 5.69 Å². The van der Waals surface area contributed by atoms with Crippen molar-refractivity contribution in [3.05, 3.63) is 18.2 Å². The van der Waals surface area contributed by atoms with Gasteiger partial charge in [-0.1, -0.05) is 0 Å². The summed E-state index contributed by atoms with van der Waals surface area (Å²) in [7, 11) is -0.273. The maximum atomic E-state index is 10.8. The molecule has 0 spiro atoms. The lowest BCUT2D eigenvalue weighted by molar-refractivity contribution is 0.477. The van der Waals surface area contributed by atoms with Gasteiger partial charge in [-0.25, -0.2) is 5.14 Å². The van der Waals surface area contributed by atoms with Gasteiger partial charge in [0.1, 0.15) is 5.75 Å². The van der Waals surface area contributed by atoms with E-state index in [9.17, 15) is 13.5 Å². The van der Waals surface area contributed by atoms with Gasteiger partial charge in [0.25, 0.3) is 10.2 Å². The van der Waals surface area contributed by atoms with Crippen LogP contribution in [0.25, 0.3) is 0 Å². The number of nitrogens with one attached hydrogen (secondary N) is 1. The molecule has 0 aliphatic heterocycles. The van der Waals surface area contributed by atoms with Gasteiger partial charge in [0.2, 0.25) is 0 Å². The highest BCUT2D eigenvalue weighted by Crippen LogP contribution is 2.28. The second kappa shape index (κ2) is 3.95. The molecule has 1 rings (SSSR count). The highest BCUT2D eigenvalue weighted by Gasteiger charge is 2.08. The molecular weight excluding hydrogens is 218 g/mol. The van der Waals surface area contributed by atoms with Gasteiger partial charge in [-0.2, -0.15) is 8.42 Å². The lowest BCUT2D eigenvalue weighted by Crippen LogP contribution is -2.22. The number of hydrogen-bond donors (Lipinski definition) is 3. The minimum Gasteiger partial charge on any atom is -0.506 e. The van der Waals surface area contributed by atoms with E-state index in [0.29, 0.717) is 0 Å². The number of phenolic OH excluding ortho intramolecular Hbond substituents is 1. The van der Waals surface area contributed by atoms with E-state index in [1.54, 1.807) is 25.1 Å². The van der Waals surface area contributed by atoms with E-state index in [-0.39, 0.29) is 11.4 Å². The molecule has 0 radical (unpaired) electrons. The van der Waals surface area contributed by atoms with E-state index >= 15 is 0 Å². The monoisotopic (exact) mass is 231 g/mol. The van der Waals surface area contributed by atoms with Crippen LogP contribution in [-0.4, -0.2) is 27.6 Å². The molecule has 0 fully saturated rings. The molecule has 0 aromatic heterocycles. The molecule has 0 bridgehead atoms. The molecule has 84 valence electrons. The Morgan fingerprint density at radius 3 is 2.47 bits per heavy atom. The largest absolute Gasteiger partial charge is 0.506 e. The second-order valence-electron chi connectivity index (χ2n) is 3.24. The van der Waals surface area contributed by atoms with Gasteiger partial charge < -0.3 is 10.0 Å². The smallest absolute Gasteiger partial charge is 0.296 e. The molecular formula is C8H13N3O3S. The Bertz CT molecular complexity index is 456. The van der Waals surface area contributed by atoms with Crippen molar-refractivity contribution < 1.29 is 13.5 Å². The number of rotatable bonds is 3. The summed E-state index contributed by atoms with van der Waals surface area (Å²) in [6, 6.07) is 4.53. The third kappa shape index (κ3) is 3.30. The van der Waals surface area contributed by atoms with E-state index < -0.39 is 10.2 Å². The molecule has 0 saturated carbocycles. The first-order valence-corrected chi connectivity index (χ1v) is 5.65. The van der Waals surface area contributed by atoms with Crippen LogP contribution in [0, 0.1) is 0 Å². The molecule has 1 aromatic rings. The van der Waals surface area contributed by atoms with E-state index in [1.165, 1.54) is 12.1 Å². The molecule has 0 unspecified atom stereocenters. The molecule has 1 aromatic carbocycles. The maximum absolute atomic E-state index is 10.8. The Labute approximate surface area is 88.5 Å². The van der Waals surface area contributed by atoms with E-state index in [1.807, 2.05) is 4.72 Å². The van der Waals surface area contributed by atoms with E-state index in [2.05, 4.69) is 0 Å². The highest BCUT2D eigenvalue weighted by atomic mass is 32.2. The van der Waals surface area contributed by atoms with Crippen molar-refractivity contribution in [2.45, 2.75) is 0 Å². The molecule has 0 aliphatic carbocycles. The fourth-order valence-corrected chi connectivity index (χ4v) is 1.51. The topological polar surface area (TPSA) is 95.7 Å². The number of phenols is 1. The predicted molar refractivity (Wildman–Crippen MR) is 59.2 cm³/mol. The van der Waals surface area contributed by atoms with E-state index in [4.69, 9.17) is 5.14 Å². The van der Waals surface area contributed by atoms with Gasteiger partial charge in [0.15, 0.2) is 0 Å². The molecule has 0 atom stereocenters. The lowest BCUT2D eigenvalue weighted by atomic mass is 10.2. The van der Waals surface area contributed by atoms with Crippen molar-refractivity contribution in [1.82, 2.24) is 0 Å². The number of hydrogen-bond acceptors (Lipinski definition) is 4. The van der Waals surface area contributed by atoms with Crippen molar-refractivity contribution in [1.29, 1.82) is 0 Å². The van der Waals surface area contributed by atoms with Gasteiger partial charge in [0, 0.05) is 19.8 Å². The average Bonchev–Trinajstić information content (AvgIpc) is 2.06. The molecule has 0 aliphatic rings. The number of anilines is 2. The van der Waals surface area contributed by atoms with Crippen LogP contribution in [0.1, 0.15) is 0 Å². The van der Waals surface area contributed by atoms with Gasteiger partial charge in [-0.05, 0) is 18.2 Å². The fourth-order valence-electron chi connectivity index (χ4n) is 1.04. The van der Waals surface area contributed by atoms with Gasteiger partial charge >= 0.3 is 0 Å². The van der Waals surface area contributed by atoms with Gasteiger partial charge in [-0.3, -0.25) is 4.72 Å². The summed E-state index contributed by atoms with van der Waals surface area (Å²) in [5.74, 6) is -0.172. The van der Waals surface area contributed by atoms with Crippen LogP contribution in [0.3, 0.4) is 0 Å². The van der Waals surface area contributed by atoms with Crippen LogP contribution in [0.15, 0.2) is 18.2 Å². The molecule has 7 heteroatoms. The summed E-state index contributed by atoms with van der Waals surface area (Å²) in [4.78, 5) is 1.77. The third-order valence-electron chi connectivity index (χ3n) is 1.75. The van der Waals surface area contributed by atoms with Crippen LogP contribution >= 0.6 is 0 Å². The normalized spacial score (nSPS) is 11.1. The number of nitrogens with zero attached hydrogens (tertiary/aromatic N) is 1. The standard InChI is InChI=1S/C8H13N3O3S/c1-11(2)6-3-4-8(12)7(5-6)10-15(9,13)14/h3-5,10,12H,1-2H3,(H2,9,13,14). The molecule has 15 heavy (non-hydrogen) atoms. The first kappa shape index (κ1) is 11.6. The van der Waals surface area contributed by atoms with Crippen molar-refractivity contribution >= 4 is 21.6 Å². The maximum Gasteiger partial charge on any atom is 0.296 e. The minimum atomic E-state index is -3.87. The quantitative estimate of drug-likeness (QED) is 0.642. The SMILES string of the molecule is CN(C)c1ccc(O)c(NS(N)(=O)=O)c1. The lowest BCUT2D eigenvalue weighted by Gasteiger charge is -2.14. The fraction of sp³-hybridized carbons (Fsp3) is 0.250. The molecule has 4 N–H and O–H groups in total. The molecule has 0 heterocycles. The van der Waals surface area contributed by atoms with Crippen LogP contribution in [0.5, 0.6) is 5.75 Å². The molecule has 6 nitrogen and oxygen atoms in total. The summed E-state index contributed by atoms with van der Waals surface area (Å²) >= 11 is 0. The zero-order valence-electron chi connectivity index (χ0n) is 8.43. The van der Waals surface area contributed by atoms with Crippen molar-refractivity contribution in [2.75, 3.05) is 23.7 Å². The number of benzene rings is 1. The Balaban J connectivity index is 3.11. The van der Waals surface area contributed by atoms with Crippen LogP contribution in [-0.2, 0) is 10.2 Å². The minimum absolute atomic E-state index is 0.0590. The van der Waals surface area contributed by atoms with Gasteiger partial charge in [-0.15, -0.1) is 0 Å². The highest BCUT2D eigenvalue weighted by molar-refractivity contribution is 7.90. The Kier molecular flexibility index (Phi) is 3.06. The summed E-state index contributed by atoms with van der Waals surface area (Å²) in [5, 5.41) is 14.2. The Hall–Kier alpha value is -1.47. The second-order valence-corrected chi connectivity index (χ2v) is 4.54. The summed E-state index contributed by atoms with van der Waals surface area (Å²) in [6.45, 7) is 0. The third-order valence-corrected chi connectivity index (χ3v) is 2.25. The van der Waals surface area contributed by atoms with Crippen LogP contribution in [0.4, 0.5) is 11.4 Å². The summed E-state index contributed by atoms with van der Waals surface area (Å²) in [5.41, 5.74) is 0.808. The average molecular weight is 231 g/mol. The zero-order valence-corrected chi connectivity index (χ0v) is 9.25. The first-order valence-electron chi connectivity index (χ1n) is 4.10. The first-order chi connectivity index (χ1) is 6.79. The van der Waals surface area contributed by atoms with Crippen LogP contribution in [0.2, 0.25) is 0 Å². The number of nitrogens with two attached hydrogens (primary N) is 1. The summed E-state index contributed by atoms with van der Waals surface area (Å²) in [6.07, 6.45) is 0. The summed E-state index contributed by atoms with van der Waals surface area (Å²) < 4.78 is 23.6. The number of aromatic hydroxyl groups is 1. The van der Waals surface area contributed by atoms with E-state index in [0.717, 1.165) is 5.69 Å². The van der Waals surface area contributed by atoms with Crippen molar-refractivity contribution in [2.24, 2.45) is 5.14 Å². The Morgan fingerprint density at radius 2 is 2.00 bits per heavy atom. The van der Waals surface area contributed by atoms with Crippen molar-refractivity contribution in [3.8, 4) is 5.75 Å². The molecule has 0 amide bonds. The predicted octanol–water partition coefficient (Wildman–Crippen LogP) is 0.0736. The Morgan fingerprint density at radius 1 is 1.40 bits per heavy atom.